The molecular weight excluding hydrogens is 246 g/mol. The molecule has 1 aromatic carbocycles. The molecule has 1 aliphatic heterocycles. The Morgan fingerprint density at radius 1 is 1.18 bits per heavy atom. The van der Waals surface area contributed by atoms with Crippen LogP contribution in [0.1, 0.15) is 11.6 Å². The number of nitrogens with two attached hydrogens (primary N) is 1. The van der Waals surface area contributed by atoms with Gasteiger partial charge >= 0.3 is 0 Å². The SMILES string of the molecule is COc1cc2c(c(OC)c1OC)C(N)CO2.Cl. The average molecular weight is 262 g/mol. The lowest BCUT2D eigenvalue weighted by Crippen LogP contribution is -2.12. The highest BCUT2D eigenvalue weighted by Gasteiger charge is 2.30. The van der Waals surface area contributed by atoms with Gasteiger partial charge in [0.15, 0.2) is 11.5 Å². The Hall–Kier alpha value is -1.33. The molecule has 0 bridgehead atoms. The van der Waals surface area contributed by atoms with Gasteiger partial charge < -0.3 is 24.7 Å². The molecule has 0 aliphatic carbocycles. The third-order valence-electron chi connectivity index (χ3n) is 2.62. The van der Waals surface area contributed by atoms with E-state index >= 15 is 0 Å². The Labute approximate surface area is 106 Å². The van der Waals surface area contributed by atoms with Crippen LogP contribution in [0.15, 0.2) is 6.07 Å². The van der Waals surface area contributed by atoms with Gasteiger partial charge in [0.2, 0.25) is 5.75 Å². The summed E-state index contributed by atoms with van der Waals surface area (Å²) in [4.78, 5) is 0. The zero-order valence-corrected chi connectivity index (χ0v) is 10.8. The Kier molecular flexibility index (Phi) is 4.31. The van der Waals surface area contributed by atoms with Gasteiger partial charge in [0, 0.05) is 6.07 Å². The largest absolute Gasteiger partial charge is 0.493 e. The average Bonchev–Trinajstić information content (AvgIpc) is 2.68. The van der Waals surface area contributed by atoms with Crippen LogP contribution in [0.25, 0.3) is 0 Å². The molecule has 1 unspecified atom stereocenters. The molecule has 17 heavy (non-hydrogen) atoms. The van der Waals surface area contributed by atoms with Gasteiger partial charge in [-0.25, -0.2) is 0 Å². The van der Waals surface area contributed by atoms with E-state index in [9.17, 15) is 0 Å². The standard InChI is InChI=1S/C11H15NO4.ClH/c1-13-8-4-7-9(6(12)5-16-7)11(15-3)10(8)14-2;/h4,6H,5,12H2,1-3H3;1H. The van der Waals surface area contributed by atoms with Crippen molar-refractivity contribution in [1.82, 2.24) is 0 Å². The van der Waals surface area contributed by atoms with Crippen LogP contribution in [0, 0.1) is 0 Å². The minimum absolute atomic E-state index is 0. The number of benzene rings is 1. The third kappa shape index (κ3) is 2.08. The van der Waals surface area contributed by atoms with Gasteiger partial charge in [-0.15, -0.1) is 12.4 Å². The first kappa shape index (κ1) is 13.7. The molecule has 0 aromatic heterocycles. The van der Waals surface area contributed by atoms with Crippen LogP contribution in [0.2, 0.25) is 0 Å². The maximum Gasteiger partial charge on any atom is 0.203 e. The molecule has 0 radical (unpaired) electrons. The van der Waals surface area contributed by atoms with Crippen molar-refractivity contribution in [2.24, 2.45) is 5.73 Å². The minimum atomic E-state index is -0.190. The van der Waals surface area contributed by atoms with E-state index in [1.54, 1.807) is 27.4 Å². The van der Waals surface area contributed by atoms with Crippen LogP contribution in [0.3, 0.4) is 0 Å². The van der Waals surface area contributed by atoms with Gasteiger partial charge in [0.25, 0.3) is 0 Å². The summed E-state index contributed by atoms with van der Waals surface area (Å²) in [5.74, 6) is 2.40. The van der Waals surface area contributed by atoms with Gasteiger partial charge in [-0.2, -0.15) is 0 Å². The number of rotatable bonds is 3. The predicted octanol–water partition coefficient (Wildman–Crippen LogP) is 1.53. The quantitative estimate of drug-likeness (QED) is 0.894. The van der Waals surface area contributed by atoms with Crippen molar-refractivity contribution in [1.29, 1.82) is 0 Å². The first-order valence-electron chi connectivity index (χ1n) is 4.94. The molecule has 1 atom stereocenters. The van der Waals surface area contributed by atoms with Crippen molar-refractivity contribution in [2.45, 2.75) is 6.04 Å². The summed E-state index contributed by atoms with van der Waals surface area (Å²) in [7, 11) is 4.70. The second kappa shape index (κ2) is 5.33. The number of fused-ring (bicyclic) bond motifs is 1. The summed E-state index contributed by atoms with van der Waals surface area (Å²) in [6, 6.07) is 1.58. The van der Waals surface area contributed by atoms with Crippen molar-refractivity contribution in [3.63, 3.8) is 0 Å². The van der Waals surface area contributed by atoms with Crippen LogP contribution in [0.5, 0.6) is 23.0 Å². The van der Waals surface area contributed by atoms with Crippen LogP contribution < -0.4 is 24.7 Å². The lowest BCUT2D eigenvalue weighted by Gasteiger charge is -2.15. The second-order valence-corrected chi connectivity index (χ2v) is 3.47. The van der Waals surface area contributed by atoms with E-state index in [1.165, 1.54) is 0 Å². The van der Waals surface area contributed by atoms with Crippen molar-refractivity contribution in [3.8, 4) is 23.0 Å². The molecule has 0 saturated carbocycles. The maximum absolute atomic E-state index is 5.94. The first-order valence-corrected chi connectivity index (χ1v) is 4.94. The molecule has 2 rings (SSSR count). The van der Waals surface area contributed by atoms with Gasteiger partial charge in [0.1, 0.15) is 12.4 Å². The van der Waals surface area contributed by atoms with E-state index in [0.717, 1.165) is 5.56 Å². The van der Waals surface area contributed by atoms with Crippen molar-refractivity contribution in [3.05, 3.63) is 11.6 Å². The van der Waals surface area contributed by atoms with Crippen molar-refractivity contribution < 1.29 is 18.9 Å². The smallest absolute Gasteiger partial charge is 0.203 e. The summed E-state index contributed by atoms with van der Waals surface area (Å²) in [6.45, 7) is 0.446. The topological polar surface area (TPSA) is 62.9 Å². The first-order chi connectivity index (χ1) is 7.72. The molecular formula is C11H16ClNO4. The summed E-state index contributed by atoms with van der Waals surface area (Å²) < 4.78 is 21.3. The van der Waals surface area contributed by atoms with Gasteiger partial charge in [0.05, 0.1) is 32.9 Å². The summed E-state index contributed by atoms with van der Waals surface area (Å²) in [6.07, 6.45) is 0. The van der Waals surface area contributed by atoms with E-state index in [0.29, 0.717) is 29.6 Å². The molecule has 0 saturated heterocycles. The molecule has 0 fully saturated rings. The highest BCUT2D eigenvalue weighted by atomic mass is 35.5. The molecule has 5 nitrogen and oxygen atoms in total. The van der Waals surface area contributed by atoms with E-state index in [2.05, 4.69) is 0 Å². The van der Waals surface area contributed by atoms with Crippen molar-refractivity contribution >= 4 is 12.4 Å². The maximum atomic E-state index is 5.94. The van der Waals surface area contributed by atoms with Gasteiger partial charge in [-0.1, -0.05) is 0 Å². The Morgan fingerprint density at radius 3 is 2.35 bits per heavy atom. The summed E-state index contributed by atoms with van der Waals surface area (Å²) in [5.41, 5.74) is 6.77. The van der Waals surface area contributed by atoms with Crippen LogP contribution >= 0.6 is 12.4 Å². The Bertz CT molecular complexity index is 410. The molecule has 2 N–H and O–H groups in total. The van der Waals surface area contributed by atoms with Crippen LogP contribution in [-0.4, -0.2) is 27.9 Å². The number of hydrogen-bond donors (Lipinski definition) is 1. The molecule has 1 aliphatic rings. The van der Waals surface area contributed by atoms with E-state index < -0.39 is 0 Å². The van der Waals surface area contributed by atoms with E-state index in [4.69, 9.17) is 24.7 Å². The zero-order chi connectivity index (χ0) is 11.7. The van der Waals surface area contributed by atoms with Gasteiger partial charge in [-0.3, -0.25) is 0 Å². The normalized spacial score (nSPS) is 16.6. The van der Waals surface area contributed by atoms with Crippen LogP contribution in [-0.2, 0) is 0 Å². The molecule has 1 aromatic rings. The fraction of sp³-hybridized carbons (Fsp3) is 0.455. The lowest BCUT2D eigenvalue weighted by molar-refractivity contribution is 0.319. The summed E-state index contributed by atoms with van der Waals surface area (Å²) in [5, 5.41) is 0. The van der Waals surface area contributed by atoms with Crippen LogP contribution in [0.4, 0.5) is 0 Å². The third-order valence-corrected chi connectivity index (χ3v) is 2.62. The molecule has 1 heterocycles. The fourth-order valence-corrected chi connectivity index (χ4v) is 1.89. The number of halogens is 1. The fourth-order valence-electron chi connectivity index (χ4n) is 1.89. The molecule has 6 heteroatoms. The van der Waals surface area contributed by atoms with Crippen molar-refractivity contribution in [2.75, 3.05) is 27.9 Å². The van der Waals surface area contributed by atoms with Gasteiger partial charge in [-0.05, 0) is 0 Å². The number of methoxy groups -OCH3 is 3. The zero-order valence-electron chi connectivity index (χ0n) is 9.98. The Morgan fingerprint density at radius 2 is 1.82 bits per heavy atom. The number of hydrogen-bond acceptors (Lipinski definition) is 5. The van der Waals surface area contributed by atoms with E-state index in [1.807, 2.05) is 0 Å². The van der Waals surface area contributed by atoms with E-state index in [-0.39, 0.29) is 18.4 Å². The minimum Gasteiger partial charge on any atom is -0.493 e. The Balaban J connectivity index is 0.00000144. The predicted molar refractivity (Wildman–Crippen MR) is 65.8 cm³/mol. The lowest BCUT2D eigenvalue weighted by atomic mass is 10.1. The highest BCUT2D eigenvalue weighted by molar-refractivity contribution is 5.85. The summed E-state index contributed by atoms with van der Waals surface area (Å²) >= 11 is 0. The molecule has 96 valence electrons. The molecule has 0 spiro atoms. The highest BCUT2D eigenvalue weighted by Crippen LogP contribution is 2.49. The molecule has 0 amide bonds. The monoisotopic (exact) mass is 261 g/mol. The second-order valence-electron chi connectivity index (χ2n) is 3.47. The number of ether oxygens (including phenoxy) is 4.